The fraction of sp³-hybridized carbons (Fsp3) is 0.667. The van der Waals surface area contributed by atoms with Gasteiger partial charge in [0.1, 0.15) is 5.76 Å². The largest absolute Gasteiger partial charge is 0.511 e. The topological polar surface area (TPSA) is 52.5 Å². The average Bonchev–Trinajstić information content (AvgIpc) is 1.89. The van der Waals surface area contributed by atoms with Crippen LogP contribution in [0.5, 0.6) is 0 Å². The quantitative estimate of drug-likeness (QED) is 0.462. The third kappa shape index (κ3) is 1.43. The van der Waals surface area contributed by atoms with E-state index in [1.54, 1.807) is 6.08 Å². The Morgan fingerprint density at radius 1 is 1.67 bits per heavy atom. The van der Waals surface area contributed by atoms with Crippen molar-refractivity contribution in [2.75, 3.05) is 0 Å². The van der Waals surface area contributed by atoms with Crippen molar-refractivity contribution in [3.8, 4) is 0 Å². The second-order valence-corrected chi connectivity index (χ2v) is 2.24. The number of aliphatic hydroxyl groups excluding tert-OH is 1. The van der Waals surface area contributed by atoms with Gasteiger partial charge in [-0.1, -0.05) is 0 Å². The van der Waals surface area contributed by atoms with E-state index >= 15 is 0 Å². The van der Waals surface area contributed by atoms with E-state index in [9.17, 15) is 0 Å². The molecule has 3 nitrogen and oxygen atoms in total. The Kier molecular flexibility index (Phi) is 2.08. The molecule has 0 radical (unpaired) electrons. The molecule has 0 aromatic carbocycles. The van der Waals surface area contributed by atoms with Crippen LogP contribution in [0.25, 0.3) is 0 Å². The van der Waals surface area contributed by atoms with Crippen LogP contribution in [0.1, 0.15) is 19.3 Å². The van der Waals surface area contributed by atoms with Crippen molar-refractivity contribution in [3.63, 3.8) is 0 Å². The Morgan fingerprint density at radius 2 is 2.44 bits per heavy atom. The van der Waals surface area contributed by atoms with Crippen molar-refractivity contribution >= 4 is 0 Å². The minimum Gasteiger partial charge on any atom is -0.511 e. The summed E-state index contributed by atoms with van der Waals surface area (Å²) in [6.45, 7) is 0. The fourth-order valence-corrected chi connectivity index (χ4v) is 0.993. The summed E-state index contributed by atoms with van der Waals surface area (Å²) in [6.07, 6.45) is 4.50. The predicted molar refractivity (Wildman–Crippen MR) is 33.3 cm³/mol. The van der Waals surface area contributed by atoms with E-state index in [-0.39, 0.29) is 11.8 Å². The molecule has 0 saturated heterocycles. The number of hydrogen-bond acceptors (Lipinski definition) is 3. The summed E-state index contributed by atoms with van der Waals surface area (Å²) in [5.41, 5.74) is 2.04. The van der Waals surface area contributed by atoms with Gasteiger partial charge in [0.25, 0.3) is 0 Å². The number of rotatable bonds is 1. The predicted octanol–water partition coefficient (Wildman–Crippen LogP) is 0.960. The van der Waals surface area contributed by atoms with Crippen molar-refractivity contribution in [1.82, 2.24) is 5.48 Å². The molecule has 0 bridgehead atoms. The maximum atomic E-state index is 9.01. The van der Waals surface area contributed by atoms with E-state index < -0.39 is 0 Å². The molecule has 0 spiro atoms. The minimum atomic E-state index is -0.223. The number of hydroxylamine groups is 1. The van der Waals surface area contributed by atoms with Gasteiger partial charge < -0.3 is 10.3 Å². The molecule has 1 atom stereocenters. The maximum absolute atomic E-state index is 9.01. The first kappa shape index (κ1) is 6.58. The highest BCUT2D eigenvalue weighted by Crippen LogP contribution is 2.14. The molecular formula is C6H11NO2. The standard InChI is InChI=1S/C6H11NO2/c8-6-4-2-1-3-5(6)7-9/h4-5,7-9H,1-3H2/t5-/m0/s1. The van der Waals surface area contributed by atoms with Crippen molar-refractivity contribution in [1.29, 1.82) is 0 Å². The molecule has 0 heterocycles. The molecule has 3 heteroatoms. The Balaban J connectivity index is 2.50. The number of allylic oxidation sites excluding steroid dienone is 1. The van der Waals surface area contributed by atoms with E-state index in [1.165, 1.54) is 0 Å². The molecule has 0 aromatic heterocycles. The van der Waals surface area contributed by atoms with Crippen LogP contribution < -0.4 is 5.48 Å². The van der Waals surface area contributed by atoms with Crippen molar-refractivity contribution in [2.24, 2.45) is 0 Å². The zero-order chi connectivity index (χ0) is 6.69. The third-order valence-electron chi connectivity index (χ3n) is 1.56. The lowest BCUT2D eigenvalue weighted by Gasteiger charge is -2.17. The lowest BCUT2D eigenvalue weighted by Crippen LogP contribution is -2.29. The average molecular weight is 129 g/mol. The molecule has 9 heavy (non-hydrogen) atoms. The number of nitrogens with one attached hydrogen (secondary N) is 1. The van der Waals surface area contributed by atoms with Gasteiger partial charge in [-0.3, -0.25) is 0 Å². The van der Waals surface area contributed by atoms with E-state index in [2.05, 4.69) is 0 Å². The molecule has 0 unspecified atom stereocenters. The van der Waals surface area contributed by atoms with Crippen LogP contribution in [0.2, 0.25) is 0 Å². The number of aliphatic hydroxyl groups is 1. The van der Waals surface area contributed by atoms with E-state index in [0.717, 1.165) is 19.3 Å². The van der Waals surface area contributed by atoms with Gasteiger partial charge in [0.2, 0.25) is 0 Å². The second-order valence-electron chi connectivity index (χ2n) is 2.24. The SMILES string of the molecule is ON[C@H]1CCCC=C1O. The zero-order valence-electron chi connectivity index (χ0n) is 5.17. The van der Waals surface area contributed by atoms with Gasteiger partial charge in [0, 0.05) is 0 Å². The van der Waals surface area contributed by atoms with Crippen molar-refractivity contribution in [2.45, 2.75) is 25.3 Å². The van der Waals surface area contributed by atoms with Crippen molar-refractivity contribution < 1.29 is 10.3 Å². The first-order valence-corrected chi connectivity index (χ1v) is 3.13. The molecule has 52 valence electrons. The molecular weight excluding hydrogens is 118 g/mol. The van der Waals surface area contributed by atoms with Crippen LogP contribution in [-0.2, 0) is 0 Å². The summed E-state index contributed by atoms with van der Waals surface area (Å²) in [6, 6.07) is -0.223. The van der Waals surface area contributed by atoms with Crippen LogP contribution in [0, 0.1) is 0 Å². The molecule has 0 aliphatic heterocycles. The van der Waals surface area contributed by atoms with Crippen LogP contribution in [0.4, 0.5) is 0 Å². The monoisotopic (exact) mass is 129 g/mol. The zero-order valence-corrected chi connectivity index (χ0v) is 5.17. The summed E-state index contributed by atoms with van der Waals surface area (Å²) in [5, 5.41) is 17.4. The molecule has 0 aromatic rings. The fourth-order valence-electron chi connectivity index (χ4n) is 0.993. The Hall–Kier alpha value is -0.540. The Morgan fingerprint density at radius 3 is 2.89 bits per heavy atom. The summed E-state index contributed by atoms with van der Waals surface area (Å²) in [5.74, 6) is 0.267. The first-order valence-electron chi connectivity index (χ1n) is 3.13. The summed E-state index contributed by atoms with van der Waals surface area (Å²) in [4.78, 5) is 0. The van der Waals surface area contributed by atoms with E-state index in [4.69, 9.17) is 10.3 Å². The lowest BCUT2D eigenvalue weighted by molar-refractivity contribution is 0.111. The Bertz CT molecular complexity index is 122. The Labute approximate surface area is 54.0 Å². The summed E-state index contributed by atoms with van der Waals surface area (Å²) < 4.78 is 0. The molecule has 0 fully saturated rings. The van der Waals surface area contributed by atoms with Gasteiger partial charge in [-0.05, 0) is 25.3 Å². The van der Waals surface area contributed by atoms with Crippen molar-refractivity contribution in [3.05, 3.63) is 11.8 Å². The van der Waals surface area contributed by atoms with E-state index in [0.29, 0.717) is 0 Å². The highest BCUT2D eigenvalue weighted by Gasteiger charge is 2.14. The molecule has 1 aliphatic carbocycles. The van der Waals surface area contributed by atoms with Gasteiger partial charge in [-0.25, -0.2) is 0 Å². The summed E-state index contributed by atoms with van der Waals surface area (Å²) >= 11 is 0. The highest BCUT2D eigenvalue weighted by molar-refractivity contribution is 5.03. The van der Waals surface area contributed by atoms with Gasteiger partial charge in [-0.2, -0.15) is 5.48 Å². The normalized spacial score (nSPS) is 27.7. The lowest BCUT2D eigenvalue weighted by atomic mass is 10.0. The maximum Gasteiger partial charge on any atom is 0.107 e. The third-order valence-corrected chi connectivity index (χ3v) is 1.56. The minimum absolute atomic E-state index is 0.223. The van der Waals surface area contributed by atoms with Gasteiger partial charge in [0.15, 0.2) is 0 Å². The second kappa shape index (κ2) is 2.85. The van der Waals surface area contributed by atoms with Gasteiger partial charge >= 0.3 is 0 Å². The molecule has 3 N–H and O–H groups in total. The summed E-state index contributed by atoms with van der Waals surface area (Å²) in [7, 11) is 0. The molecule has 1 aliphatic rings. The van der Waals surface area contributed by atoms with E-state index in [1.807, 2.05) is 5.48 Å². The highest BCUT2D eigenvalue weighted by atomic mass is 16.5. The first-order chi connectivity index (χ1) is 4.34. The molecule has 0 saturated carbocycles. The number of hydrogen-bond donors (Lipinski definition) is 3. The molecule has 1 rings (SSSR count). The van der Waals surface area contributed by atoms with Crippen LogP contribution in [0.3, 0.4) is 0 Å². The van der Waals surface area contributed by atoms with Gasteiger partial charge in [-0.15, -0.1) is 0 Å². The smallest absolute Gasteiger partial charge is 0.107 e. The van der Waals surface area contributed by atoms with Gasteiger partial charge in [0.05, 0.1) is 6.04 Å². The molecule has 0 amide bonds. The van der Waals surface area contributed by atoms with Crippen LogP contribution in [0.15, 0.2) is 11.8 Å². The van der Waals surface area contributed by atoms with Crippen LogP contribution >= 0.6 is 0 Å². The van der Waals surface area contributed by atoms with Crippen LogP contribution in [-0.4, -0.2) is 16.4 Å².